The summed E-state index contributed by atoms with van der Waals surface area (Å²) in [6.07, 6.45) is 7.77. The summed E-state index contributed by atoms with van der Waals surface area (Å²) in [5, 5.41) is 21.0. The average Bonchev–Trinajstić information content (AvgIpc) is 2.64. The normalized spacial score (nSPS) is 21.1. The topological polar surface area (TPSA) is 62.6 Å². The molecule has 0 saturated heterocycles. The zero-order valence-electron chi connectivity index (χ0n) is 10.8. The van der Waals surface area contributed by atoms with Gasteiger partial charge in [-0.05, 0) is 18.9 Å². The number of nitrogens with zero attached hydrogens (tertiary/aromatic N) is 1. The van der Waals surface area contributed by atoms with Gasteiger partial charge in [-0.25, -0.2) is 0 Å². The Balaban J connectivity index is 2.19. The molecule has 4 heteroatoms. The van der Waals surface area contributed by atoms with Crippen molar-refractivity contribution in [1.29, 1.82) is 0 Å². The fraction of sp³-hybridized carbons (Fsp3) is 0.643. The SMILES string of the molecule is COc1cncc(C(O)C2(O)CCCCCC2)c1. The molecule has 1 aromatic heterocycles. The molecule has 0 aliphatic heterocycles. The highest BCUT2D eigenvalue weighted by Gasteiger charge is 2.37. The molecule has 0 aromatic carbocycles. The summed E-state index contributed by atoms with van der Waals surface area (Å²) in [4.78, 5) is 4.03. The first-order chi connectivity index (χ1) is 8.65. The highest BCUT2D eigenvalue weighted by molar-refractivity contribution is 5.26. The minimum atomic E-state index is -1.02. The van der Waals surface area contributed by atoms with Crippen LogP contribution in [0.4, 0.5) is 0 Å². The van der Waals surface area contributed by atoms with Crippen LogP contribution in [0.25, 0.3) is 0 Å². The molecule has 1 saturated carbocycles. The first kappa shape index (κ1) is 13.3. The van der Waals surface area contributed by atoms with Gasteiger partial charge in [0.25, 0.3) is 0 Å². The van der Waals surface area contributed by atoms with Gasteiger partial charge in [0.1, 0.15) is 11.9 Å². The van der Waals surface area contributed by atoms with Crippen LogP contribution in [0.2, 0.25) is 0 Å². The van der Waals surface area contributed by atoms with Gasteiger partial charge in [-0.1, -0.05) is 25.7 Å². The first-order valence-corrected chi connectivity index (χ1v) is 6.55. The summed E-state index contributed by atoms with van der Waals surface area (Å²) in [7, 11) is 1.56. The van der Waals surface area contributed by atoms with Gasteiger partial charge in [0.05, 0.1) is 18.9 Å². The second-order valence-electron chi connectivity index (χ2n) is 5.08. The predicted octanol–water partition coefficient (Wildman–Crippen LogP) is 2.21. The van der Waals surface area contributed by atoms with Crippen molar-refractivity contribution in [2.75, 3.05) is 7.11 Å². The van der Waals surface area contributed by atoms with E-state index in [1.165, 1.54) is 0 Å². The van der Waals surface area contributed by atoms with Crippen molar-refractivity contribution in [3.63, 3.8) is 0 Å². The number of aliphatic hydroxyl groups excluding tert-OH is 1. The zero-order chi connectivity index (χ0) is 13.0. The molecule has 1 unspecified atom stereocenters. The van der Waals surface area contributed by atoms with E-state index < -0.39 is 11.7 Å². The number of rotatable bonds is 3. The molecular weight excluding hydrogens is 230 g/mol. The standard InChI is InChI=1S/C14H21NO3/c1-18-12-8-11(9-15-10-12)13(16)14(17)6-4-2-3-5-7-14/h8-10,13,16-17H,2-7H2,1H3. The largest absolute Gasteiger partial charge is 0.495 e. The molecule has 1 aromatic rings. The van der Waals surface area contributed by atoms with Gasteiger partial charge in [0.15, 0.2) is 0 Å². The van der Waals surface area contributed by atoms with Crippen molar-refractivity contribution in [2.45, 2.75) is 50.2 Å². The molecule has 4 nitrogen and oxygen atoms in total. The Hall–Kier alpha value is -1.13. The fourth-order valence-corrected chi connectivity index (χ4v) is 2.62. The molecule has 2 rings (SSSR count). The van der Waals surface area contributed by atoms with Gasteiger partial charge in [-0.2, -0.15) is 0 Å². The van der Waals surface area contributed by atoms with Crippen molar-refractivity contribution in [3.05, 3.63) is 24.0 Å². The number of hydrogen-bond acceptors (Lipinski definition) is 4. The lowest BCUT2D eigenvalue weighted by molar-refractivity contribution is -0.0869. The summed E-state index contributed by atoms with van der Waals surface area (Å²) in [6.45, 7) is 0. The summed E-state index contributed by atoms with van der Waals surface area (Å²) in [5.74, 6) is 0.601. The number of hydrogen-bond donors (Lipinski definition) is 2. The van der Waals surface area contributed by atoms with Crippen LogP contribution in [0.3, 0.4) is 0 Å². The maximum absolute atomic E-state index is 10.6. The monoisotopic (exact) mass is 251 g/mol. The molecule has 0 bridgehead atoms. The number of pyridine rings is 1. The van der Waals surface area contributed by atoms with Crippen LogP contribution < -0.4 is 4.74 Å². The second-order valence-corrected chi connectivity index (χ2v) is 5.08. The second kappa shape index (κ2) is 5.67. The maximum atomic E-state index is 10.6. The van der Waals surface area contributed by atoms with E-state index in [2.05, 4.69) is 4.98 Å². The molecule has 1 fully saturated rings. The first-order valence-electron chi connectivity index (χ1n) is 6.55. The van der Waals surface area contributed by atoms with Gasteiger partial charge in [0, 0.05) is 11.8 Å². The third-order valence-electron chi connectivity index (χ3n) is 3.76. The van der Waals surface area contributed by atoms with Crippen LogP contribution in [-0.2, 0) is 0 Å². The molecule has 1 aliphatic rings. The van der Waals surface area contributed by atoms with E-state index in [4.69, 9.17) is 4.74 Å². The summed E-state index contributed by atoms with van der Waals surface area (Å²) < 4.78 is 5.09. The van der Waals surface area contributed by atoms with Crippen molar-refractivity contribution in [2.24, 2.45) is 0 Å². The van der Waals surface area contributed by atoms with Crippen LogP contribution in [-0.4, -0.2) is 27.9 Å². The molecule has 0 spiro atoms. The number of methoxy groups -OCH3 is 1. The Morgan fingerprint density at radius 2 is 1.89 bits per heavy atom. The zero-order valence-corrected chi connectivity index (χ0v) is 10.8. The lowest BCUT2D eigenvalue weighted by Gasteiger charge is -2.32. The predicted molar refractivity (Wildman–Crippen MR) is 68.4 cm³/mol. The molecule has 1 aliphatic carbocycles. The van der Waals surface area contributed by atoms with Gasteiger partial charge in [-0.15, -0.1) is 0 Å². The molecule has 1 heterocycles. The Kier molecular flexibility index (Phi) is 4.19. The van der Waals surface area contributed by atoms with Crippen LogP contribution in [0.15, 0.2) is 18.5 Å². The fourth-order valence-electron chi connectivity index (χ4n) is 2.62. The van der Waals surface area contributed by atoms with Gasteiger partial charge < -0.3 is 14.9 Å². The number of aromatic nitrogens is 1. The van der Waals surface area contributed by atoms with Crippen LogP contribution in [0.1, 0.15) is 50.2 Å². The van der Waals surface area contributed by atoms with Crippen molar-refractivity contribution >= 4 is 0 Å². The Morgan fingerprint density at radius 1 is 1.22 bits per heavy atom. The molecule has 1 atom stereocenters. The molecular formula is C14H21NO3. The Labute approximate surface area is 108 Å². The quantitative estimate of drug-likeness (QED) is 0.808. The molecule has 0 radical (unpaired) electrons. The van der Waals surface area contributed by atoms with Gasteiger partial charge >= 0.3 is 0 Å². The van der Waals surface area contributed by atoms with Crippen molar-refractivity contribution in [1.82, 2.24) is 4.98 Å². The van der Waals surface area contributed by atoms with E-state index in [9.17, 15) is 10.2 Å². The smallest absolute Gasteiger partial charge is 0.137 e. The lowest BCUT2D eigenvalue weighted by Crippen LogP contribution is -2.35. The average molecular weight is 251 g/mol. The summed E-state index contributed by atoms with van der Waals surface area (Å²) in [5.41, 5.74) is -0.399. The number of aliphatic hydroxyl groups is 2. The van der Waals surface area contributed by atoms with E-state index in [1.807, 2.05) is 0 Å². The highest BCUT2D eigenvalue weighted by Crippen LogP contribution is 2.37. The van der Waals surface area contributed by atoms with Crippen LogP contribution >= 0.6 is 0 Å². The Bertz CT molecular complexity index is 386. The van der Waals surface area contributed by atoms with Gasteiger partial charge in [-0.3, -0.25) is 4.98 Å². The third kappa shape index (κ3) is 2.82. The van der Waals surface area contributed by atoms with E-state index in [0.29, 0.717) is 24.2 Å². The van der Waals surface area contributed by atoms with E-state index in [0.717, 1.165) is 25.7 Å². The maximum Gasteiger partial charge on any atom is 0.137 e. The highest BCUT2D eigenvalue weighted by atomic mass is 16.5. The molecule has 100 valence electrons. The van der Waals surface area contributed by atoms with Gasteiger partial charge in [0.2, 0.25) is 0 Å². The third-order valence-corrected chi connectivity index (χ3v) is 3.76. The molecule has 0 amide bonds. The summed E-state index contributed by atoms with van der Waals surface area (Å²) in [6, 6.07) is 1.74. The van der Waals surface area contributed by atoms with E-state index in [-0.39, 0.29) is 0 Å². The van der Waals surface area contributed by atoms with Crippen molar-refractivity contribution < 1.29 is 14.9 Å². The summed E-state index contributed by atoms with van der Waals surface area (Å²) >= 11 is 0. The minimum absolute atomic E-state index is 0.601. The molecule has 2 N–H and O–H groups in total. The van der Waals surface area contributed by atoms with E-state index in [1.54, 1.807) is 25.6 Å². The lowest BCUT2D eigenvalue weighted by atomic mass is 9.85. The Morgan fingerprint density at radius 3 is 2.50 bits per heavy atom. The minimum Gasteiger partial charge on any atom is -0.495 e. The van der Waals surface area contributed by atoms with E-state index >= 15 is 0 Å². The van der Waals surface area contributed by atoms with Crippen LogP contribution in [0, 0.1) is 0 Å². The van der Waals surface area contributed by atoms with Crippen LogP contribution in [0.5, 0.6) is 5.75 Å². The number of ether oxygens (including phenoxy) is 1. The molecule has 18 heavy (non-hydrogen) atoms. The van der Waals surface area contributed by atoms with Crippen molar-refractivity contribution in [3.8, 4) is 5.75 Å².